The quantitative estimate of drug-likeness (QED) is 0.690. The fourth-order valence-electron chi connectivity index (χ4n) is 2.78. The van der Waals surface area contributed by atoms with Crippen molar-refractivity contribution in [3.05, 3.63) is 0 Å². The third kappa shape index (κ3) is 2.98. The predicted molar refractivity (Wildman–Crippen MR) is 58.9 cm³/mol. The van der Waals surface area contributed by atoms with Gasteiger partial charge in [-0.15, -0.1) is 0 Å². The Labute approximate surface area is 83.3 Å². The largest absolute Gasteiger partial charge is 0.314 e. The van der Waals surface area contributed by atoms with Crippen LogP contribution in [0.2, 0.25) is 0 Å². The van der Waals surface area contributed by atoms with Crippen molar-refractivity contribution in [2.24, 2.45) is 11.8 Å². The third-order valence-electron chi connectivity index (χ3n) is 3.68. The van der Waals surface area contributed by atoms with Crippen LogP contribution in [0.3, 0.4) is 0 Å². The summed E-state index contributed by atoms with van der Waals surface area (Å²) in [7, 11) is 0. The fourth-order valence-corrected chi connectivity index (χ4v) is 2.78. The van der Waals surface area contributed by atoms with Gasteiger partial charge in [0.05, 0.1) is 0 Å². The minimum absolute atomic E-state index is 0.757. The Bertz CT molecular complexity index is 127. The molecule has 0 amide bonds. The van der Waals surface area contributed by atoms with Crippen LogP contribution in [0.15, 0.2) is 0 Å². The topological polar surface area (TPSA) is 12.0 Å². The van der Waals surface area contributed by atoms with Crippen LogP contribution in [-0.4, -0.2) is 12.6 Å². The molecule has 0 aromatic rings. The highest BCUT2D eigenvalue weighted by atomic mass is 14.9. The van der Waals surface area contributed by atoms with Gasteiger partial charge in [0.2, 0.25) is 0 Å². The minimum atomic E-state index is 0.757. The van der Waals surface area contributed by atoms with Crippen LogP contribution in [0.5, 0.6) is 0 Å². The van der Waals surface area contributed by atoms with E-state index >= 15 is 0 Å². The molecule has 2 unspecified atom stereocenters. The van der Waals surface area contributed by atoms with Crippen molar-refractivity contribution in [2.45, 2.75) is 58.9 Å². The van der Waals surface area contributed by atoms with Gasteiger partial charge in [0.25, 0.3) is 0 Å². The first kappa shape index (κ1) is 11.0. The monoisotopic (exact) mass is 183 g/mol. The summed E-state index contributed by atoms with van der Waals surface area (Å²) in [6.45, 7) is 8.07. The average molecular weight is 183 g/mol. The van der Waals surface area contributed by atoms with Crippen LogP contribution in [-0.2, 0) is 0 Å². The van der Waals surface area contributed by atoms with Gasteiger partial charge in [-0.1, -0.05) is 46.5 Å². The molecule has 78 valence electrons. The van der Waals surface area contributed by atoms with Gasteiger partial charge >= 0.3 is 0 Å². The van der Waals surface area contributed by atoms with Crippen molar-refractivity contribution in [2.75, 3.05) is 6.54 Å². The van der Waals surface area contributed by atoms with E-state index in [4.69, 9.17) is 0 Å². The SMILES string of the molecule is CCNC(CC)C(C)C1CCCC1. The molecule has 1 aliphatic carbocycles. The van der Waals surface area contributed by atoms with Gasteiger partial charge in [0.15, 0.2) is 0 Å². The molecule has 0 aromatic heterocycles. The summed E-state index contributed by atoms with van der Waals surface area (Å²) >= 11 is 0. The molecule has 0 aliphatic heterocycles. The van der Waals surface area contributed by atoms with Crippen molar-refractivity contribution < 1.29 is 0 Å². The lowest BCUT2D eigenvalue weighted by atomic mass is 9.85. The molecular weight excluding hydrogens is 158 g/mol. The second-order valence-corrected chi connectivity index (χ2v) is 4.48. The Morgan fingerprint density at radius 3 is 2.31 bits per heavy atom. The van der Waals surface area contributed by atoms with Crippen molar-refractivity contribution in [3.8, 4) is 0 Å². The highest BCUT2D eigenvalue weighted by Crippen LogP contribution is 2.33. The normalized spacial score (nSPS) is 23.3. The fraction of sp³-hybridized carbons (Fsp3) is 1.00. The van der Waals surface area contributed by atoms with Crippen LogP contribution < -0.4 is 5.32 Å². The second kappa shape index (κ2) is 5.64. The molecule has 0 heterocycles. The number of hydrogen-bond acceptors (Lipinski definition) is 1. The summed E-state index contributed by atoms with van der Waals surface area (Å²) in [6, 6.07) is 0.757. The van der Waals surface area contributed by atoms with E-state index in [0.29, 0.717) is 0 Å². The number of rotatable bonds is 5. The van der Waals surface area contributed by atoms with Crippen LogP contribution in [0.25, 0.3) is 0 Å². The molecule has 1 rings (SSSR count). The molecule has 0 aromatic carbocycles. The Morgan fingerprint density at radius 1 is 1.23 bits per heavy atom. The maximum Gasteiger partial charge on any atom is 0.00925 e. The number of hydrogen-bond donors (Lipinski definition) is 1. The molecule has 13 heavy (non-hydrogen) atoms. The van der Waals surface area contributed by atoms with Gasteiger partial charge in [-0.05, 0) is 24.8 Å². The zero-order valence-electron chi connectivity index (χ0n) is 9.47. The molecule has 1 nitrogen and oxygen atoms in total. The standard InChI is InChI=1S/C12H25N/c1-4-12(13-5-2)10(3)11-8-6-7-9-11/h10-13H,4-9H2,1-3H3. The molecule has 1 heteroatoms. The van der Waals surface area contributed by atoms with E-state index in [0.717, 1.165) is 24.4 Å². The summed E-state index contributed by atoms with van der Waals surface area (Å²) in [5.41, 5.74) is 0. The van der Waals surface area contributed by atoms with Crippen molar-refractivity contribution in [1.82, 2.24) is 5.32 Å². The van der Waals surface area contributed by atoms with Crippen LogP contribution in [0.1, 0.15) is 52.9 Å². The molecule has 1 aliphatic rings. The highest BCUT2D eigenvalue weighted by Gasteiger charge is 2.26. The summed E-state index contributed by atoms with van der Waals surface area (Å²) in [5.74, 6) is 1.89. The first-order valence-electron chi connectivity index (χ1n) is 6.03. The van der Waals surface area contributed by atoms with Crippen LogP contribution in [0, 0.1) is 11.8 Å². The molecule has 1 N–H and O–H groups in total. The van der Waals surface area contributed by atoms with E-state index < -0.39 is 0 Å². The van der Waals surface area contributed by atoms with Gasteiger partial charge in [-0.25, -0.2) is 0 Å². The molecular formula is C12H25N. The Morgan fingerprint density at radius 2 is 1.85 bits per heavy atom. The minimum Gasteiger partial charge on any atom is -0.314 e. The zero-order valence-corrected chi connectivity index (χ0v) is 9.47. The van der Waals surface area contributed by atoms with Crippen LogP contribution in [0.4, 0.5) is 0 Å². The lowest BCUT2D eigenvalue weighted by Crippen LogP contribution is -2.37. The van der Waals surface area contributed by atoms with E-state index in [1.54, 1.807) is 0 Å². The summed E-state index contributed by atoms with van der Waals surface area (Å²) in [4.78, 5) is 0. The molecule has 1 fully saturated rings. The molecule has 0 spiro atoms. The van der Waals surface area contributed by atoms with E-state index in [9.17, 15) is 0 Å². The molecule has 0 bridgehead atoms. The predicted octanol–water partition coefficient (Wildman–Crippen LogP) is 3.20. The van der Waals surface area contributed by atoms with Gasteiger partial charge in [-0.2, -0.15) is 0 Å². The Balaban J connectivity index is 2.37. The lowest BCUT2D eigenvalue weighted by Gasteiger charge is -2.28. The second-order valence-electron chi connectivity index (χ2n) is 4.48. The zero-order chi connectivity index (χ0) is 9.68. The first-order valence-corrected chi connectivity index (χ1v) is 6.03. The van der Waals surface area contributed by atoms with Crippen LogP contribution >= 0.6 is 0 Å². The lowest BCUT2D eigenvalue weighted by molar-refractivity contribution is 0.268. The van der Waals surface area contributed by atoms with Gasteiger partial charge < -0.3 is 5.32 Å². The van der Waals surface area contributed by atoms with Crippen molar-refractivity contribution in [3.63, 3.8) is 0 Å². The van der Waals surface area contributed by atoms with E-state index in [1.807, 2.05) is 0 Å². The number of nitrogens with one attached hydrogen (secondary N) is 1. The average Bonchev–Trinajstić information content (AvgIpc) is 2.65. The van der Waals surface area contributed by atoms with Gasteiger partial charge in [0, 0.05) is 6.04 Å². The smallest absolute Gasteiger partial charge is 0.00925 e. The maximum absolute atomic E-state index is 3.61. The van der Waals surface area contributed by atoms with E-state index in [2.05, 4.69) is 26.1 Å². The van der Waals surface area contributed by atoms with E-state index in [-0.39, 0.29) is 0 Å². The maximum atomic E-state index is 3.61. The third-order valence-corrected chi connectivity index (χ3v) is 3.68. The molecule has 0 saturated heterocycles. The van der Waals surface area contributed by atoms with Gasteiger partial charge in [0.1, 0.15) is 0 Å². The summed E-state index contributed by atoms with van der Waals surface area (Å²) in [6.07, 6.45) is 7.17. The van der Waals surface area contributed by atoms with Crippen molar-refractivity contribution >= 4 is 0 Å². The highest BCUT2D eigenvalue weighted by molar-refractivity contribution is 4.80. The Kier molecular flexibility index (Phi) is 4.79. The summed E-state index contributed by atoms with van der Waals surface area (Å²) in [5, 5.41) is 3.61. The summed E-state index contributed by atoms with van der Waals surface area (Å²) < 4.78 is 0. The molecule has 1 saturated carbocycles. The molecule has 0 radical (unpaired) electrons. The van der Waals surface area contributed by atoms with Gasteiger partial charge in [-0.3, -0.25) is 0 Å². The van der Waals surface area contributed by atoms with E-state index in [1.165, 1.54) is 32.1 Å². The van der Waals surface area contributed by atoms with Crippen molar-refractivity contribution in [1.29, 1.82) is 0 Å². The molecule has 2 atom stereocenters. The first-order chi connectivity index (χ1) is 6.29. The Hall–Kier alpha value is -0.0400.